The number of aromatic nitrogens is 2. The van der Waals surface area contributed by atoms with Crippen molar-refractivity contribution in [2.45, 2.75) is 46.1 Å². The molecule has 7 nitrogen and oxygen atoms in total. The Morgan fingerprint density at radius 3 is 2.14 bits per heavy atom. The number of carbonyl (C=O) groups excluding carboxylic acids is 1. The predicted molar refractivity (Wildman–Crippen MR) is 112 cm³/mol. The van der Waals surface area contributed by atoms with Gasteiger partial charge in [-0.15, -0.1) is 0 Å². The first kappa shape index (κ1) is 21.5. The van der Waals surface area contributed by atoms with E-state index in [0.29, 0.717) is 37.6 Å². The molecule has 158 valence electrons. The molecule has 0 saturated carbocycles. The van der Waals surface area contributed by atoms with E-state index < -0.39 is 10.0 Å². The summed E-state index contributed by atoms with van der Waals surface area (Å²) in [6, 6.07) is 6.88. The van der Waals surface area contributed by atoms with Crippen molar-refractivity contribution in [2.24, 2.45) is 5.92 Å². The van der Waals surface area contributed by atoms with E-state index in [9.17, 15) is 13.2 Å². The lowest BCUT2D eigenvalue weighted by Crippen LogP contribution is -2.52. The van der Waals surface area contributed by atoms with Gasteiger partial charge in [-0.3, -0.25) is 9.48 Å². The van der Waals surface area contributed by atoms with Gasteiger partial charge in [0.25, 0.3) is 0 Å². The van der Waals surface area contributed by atoms with Gasteiger partial charge in [-0.05, 0) is 45.4 Å². The van der Waals surface area contributed by atoms with Crippen LogP contribution in [-0.2, 0) is 21.4 Å². The van der Waals surface area contributed by atoms with Crippen LogP contribution < -0.4 is 0 Å². The Balaban J connectivity index is 1.61. The Morgan fingerprint density at radius 1 is 1.03 bits per heavy atom. The fraction of sp³-hybridized carbons (Fsp3) is 0.524. The van der Waals surface area contributed by atoms with E-state index in [2.05, 4.69) is 5.10 Å². The Labute approximate surface area is 173 Å². The molecule has 2 aromatic rings. The van der Waals surface area contributed by atoms with Crippen LogP contribution in [0.25, 0.3) is 0 Å². The minimum Gasteiger partial charge on any atom is -0.340 e. The summed E-state index contributed by atoms with van der Waals surface area (Å²) in [6.45, 7) is 11.8. The highest BCUT2D eigenvalue weighted by molar-refractivity contribution is 7.89. The molecule has 0 bridgehead atoms. The molecule has 0 N–H and O–H groups in total. The lowest BCUT2D eigenvalue weighted by atomic mass is 10.1. The van der Waals surface area contributed by atoms with Crippen LogP contribution in [0, 0.1) is 33.6 Å². The third-order valence-electron chi connectivity index (χ3n) is 5.82. The fourth-order valence-corrected chi connectivity index (χ4v) is 5.04. The average molecular weight is 419 g/mol. The second kappa shape index (κ2) is 8.28. The molecule has 0 radical (unpaired) electrons. The molecule has 1 saturated heterocycles. The van der Waals surface area contributed by atoms with Gasteiger partial charge in [0, 0.05) is 31.9 Å². The fourth-order valence-electron chi connectivity index (χ4n) is 3.62. The normalized spacial score (nSPS) is 16.8. The summed E-state index contributed by atoms with van der Waals surface area (Å²) in [5, 5.41) is 4.52. The van der Waals surface area contributed by atoms with Gasteiger partial charge in [-0.2, -0.15) is 9.40 Å². The largest absolute Gasteiger partial charge is 0.340 e. The van der Waals surface area contributed by atoms with Gasteiger partial charge in [-0.1, -0.05) is 24.6 Å². The van der Waals surface area contributed by atoms with Crippen LogP contribution in [-0.4, -0.2) is 59.5 Å². The first-order valence-electron chi connectivity index (χ1n) is 9.97. The van der Waals surface area contributed by atoms with Gasteiger partial charge in [0.15, 0.2) is 0 Å². The van der Waals surface area contributed by atoms with Gasteiger partial charge in [0.1, 0.15) is 0 Å². The quantitative estimate of drug-likeness (QED) is 0.747. The minimum absolute atomic E-state index is 0.0441. The molecule has 1 aliphatic heterocycles. The van der Waals surface area contributed by atoms with E-state index in [0.717, 1.165) is 22.5 Å². The third kappa shape index (κ3) is 4.38. The third-order valence-corrected chi connectivity index (χ3v) is 7.73. The van der Waals surface area contributed by atoms with Crippen LogP contribution >= 0.6 is 0 Å². The molecule has 29 heavy (non-hydrogen) atoms. The predicted octanol–water partition coefficient (Wildman–Crippen LogP) is 2.29. The number of rotatable bonds is 5. The lowest BCUT2D eigenvalue weighted by molar-refractivity contribution is -0.136. The summed E-state index contributed by atoms with van der Waals surface area (Å²) in [6.07, 6.45) is 0. The van der Waals surface area contributed by atoms with Crippen LogP contribution in [0.3, 0.4) is 0 Å². The zero-order valence-corrected chi connectivity index (χ0v) is 18.7. The van der Waals surface area contributed by atoms with E-state index in [1.54, 1.807) is 29.2 Å². The smallest absolute Gasteiger partial charge is 0.243 e. The SMILES string of the molecule is Cc1ccc(S(=O)(=O)N2CCN(C(=O)[C@@H](C)Cn3nc(C)c(C)c3C)CC2)cc1. The number of piperazine rings is 1. The molecule has 1 aliphatic rings. The molecule has 1 atom stereocenters. The van der Waals surface area contributed by atoms with Gasteiger partial charge >= 0.3 is 0 Å². The first-order chi connectivity index (χ1) is 13.6. The number of nitrogens with zero attached hydrogens (tertiary/aromatic N) is 4. The van der Waals surface area contributed by atoms with Crippen LogP contribution in [0.2, 0.25) is 0 Å². The highest BCUT2D eigenvalue weighted by Crippen LogP contribution is 2.20. The van der Waals surface area contributed by atoms with Crippen LogP contribution in [0.5, 0.6) is 0 Å². The van der Waals surface area contributed by atoms with Crippen molar-refractivity contribution in [3.05, 3.63) is 46.8 Å². The van der Waals surface area contributed by atoms with E-state index >= 15 is 0 Å². The van der Waals surface area contributed by atoms with E-state index in [1.165, 1.54) is 4.31 Å². The Morgan fingerprint density at radius 2 is 1.62 bits per heavy atom. The van der Waals surface area contributed by atoms with Gasteiger partial charge in [-0.25, -0.2) is 8.42 Å². The maximum Gasteiger partial charge on any atom is 0.243 e. The molecule has 3 rings (SSSR count). The van der Waals surface area contributed by atoms with Crippen LogP contribution in [0.15, 0.2) is 29.2 Å². The highest BCUT2D eigenvalue weighted by atomic mass is 32.2. The maximum atomic E-state index is 12.9. The van der Waals surface area contributed by atoms with E-state index in [-0.39, 0.29) is 11.8 Å². The molecule has 1 aromatic carbocycles. The molecular formula is C21H30N4O3S. The monoisotopic (exact) mass is 418 g/mol. The molecule has 2 heterocycles. The standard InChI is InChI=1S/C21H30N4O3S/c1-15-6-8-20(9-7-15)29(27,28)24-12-10-23(11-13-24)21(26)16(2)14-25-19(5)17(3)18(4)22-25/h6-9,16H,10-14H2,1-5H3/t16-/m0/s1. The number of sulfonamides is 1. The summed E-state index contributed by atoms with van der Waals surface area (Å²) in [4.78, 5) is 15.0. The summed E-state index contributed by atoms with van der Waals surface area (Å²) >= 11 is 0. The summed E-state index contributed by atoms with van der Waals surface area (Å²) < 4.78 is 29.0. The number of hydrogen-bond acceptors (Lipinski definition) is 4. The van der Waals surface area contributed by atoms with Crippen LogP contribution in [0.4, 0.5) is 0 Å². The summed E-state index contributed by atoms with van der Waals surface area (Å²) in [5.74, 6) is -0.171. The molecule has 0 spiro atoms. The average Bonchev–Trinajstić information content (AvgIpc) is 2.94. The number of benzene rings is 1. The maximum absolute atomic E-state index is 12.9. The Kier molecular flexibility index (Phi) is 6.14. The molecule has 1 amide bonds. The van der Waals surface area contributed by atoms with E-state index in [1.807, 2.05) is 39.3 Å². The lowest BCUT2D eigenvalue weighted by Gasteiger charge is -2.35. The second-order valence-electron chi connectivity index (χ2n) is 7.92. The number of amides is 1. The zero-order valence-electron chi connectivity index (χ0n) is 17.8. The Hall–Kier alpha value is -2.19. The molecule has 0 unspecified atom stereocenters. The minimum atomic E-state index is -3.52. The highest BCUT2D eigenvalue weighted by Gasteiger charge is 2.31. The van der Waals surface area contributed by atoms with E-state index in [4.69, 9.17) is 0 Å². The second-order valence-corrected chi connectivity index (χ2v) is 9.86. The summed E-state index contributed by atoms with van der Waals surface area (Å²) in [7, 11) is -3.52. The molecule has 1 aromatic heterocycles. The first-order valence-corrected chi connectivity index (χ1v) is 11.4. The summed E-state index contributed by atoms with van der Waals surface area (Å²) in [5.41, 5.74) is 4.24. The topological polar surface area (TPSA) is 75.5 Å². The van der Waals surface area contributed by atoms with Crippen molar-refractivity contribution in [1.82, 2.24) is 19.0 Å². The van der Waals surface area contributed by atoms with Gasteiger partial charge in [0.2, 0.25) is 15.9 Å². The molecule has 8 heteroatoms. The van der Waals surface area contributed by atoms with Crippen LogP contribution in [0.1, 0.15) is 29.4 Å². The number of carbonyl (C=O) groups is 1. The number of hydrogen-bond donors (Lipinski definition) is 0. The molecule has 0 aliphatic carbocycles. The molecular weight excluding hydrogens is 388 g/mol. The zero-order chi connectivity index (χ0) is 21.3. The van der Waals surface area contributed by atoms with Crippen molar-refractivity contribution in [1.29, 1.82) is 0 Å². The van der Waals surface area contributed by atoms with Crippen molar-refractivity contribution >= 4 is 15.9 Å². The Bertz CT molecular complexity index is 988. The van der Waals surface area contributed by atoms with Crippen molar-refractivity contribution in [2.75, 3.05) is 26.2 Å². The van der Waals surface area contributed by atoms with Crippen molar-refractivity contribution in [3.8, 4) is 0 Å². The van der Waals surface area contributed by atoms with Crippen molar-refractivity contribution < 1.29 is 13.2 Å². The van der Waals surface area contributed by atoms with Gasteiger partial charge in [0.05, 0.1) is 23.1 Å². The van der Waals surface area contributed by atoms with Crippen molar-refractivity contribution in [3.63, 3.8) is 0 Å². The number of aryl methyl sites for hydroxylation is 2. The van der Waals surface area contributed by atoms with Gasteiger partial charge < -0.3 is 4.90 Å². The molecule has 1 fully saturated rings.